The Kier molecular flexibility index (Phi) is 3.62. The molecule has 1 aliphatic carbocycles. The summed E-state index contributed by atoms with van der Waals surface area (Å²) in [6.07, 6.45) is 3.11. The van der Waals surface area contributed by atoms with E-state index in [9.17, 15) is 13.2 Å². The lowest BCUT2D eigenvalue weighted by Gasteiger charge is -2.10. The van der Waals surface area contributed by atoms with Crippen LogP contribution in [0.1, 0.15) is 27.9 Å². The van der Waals surface area contributed by atoms with Crippen LogP contribution in [0.25, 0.3) is 0 Å². The molecule has 22 heavy (non-hydrogen) atoms. The molecule has 5 nitrogen and oxygen atoms in total. The van der Waals surface area contributed by atoms with E-state index < -0.39 is 16.0 Å². The minimum Gasteiger partial charge on any atom is -0.478 e. The average Bonchev–Trinajstić information content (AvgIpc) is 2.94. The predicted molar refractivity (Wildman–Crippen MR) is 82.7 cm³/mol. The Morgan fingerprint density at radius 2 is 1.68 bits per heavy atom. The number of fused-ring (bicyclic) bond motifs is 1. The molecule has 1 aliphatic rings. The molecule has 0 amide bonds. The smallest absolute Gasteiger partial charge is 0.335 e. The summed E-state index contributed by atoms with van der Waals surface area (Å²) in [7, 11) is -3.72. The maximum atomic E-state index is 12.3. The molecular formula is C16H15NO4S. The number of carboxylic acid groups (broad SMARTS) is 1. The van der Waals surface area contributed by atoms with Crippen LogP contribution in [0, 0.1) is 0 Å². The molecule has 6 heteroatoms. The Labute approximate surface area is 128 Å². The lowest BCUT2D eigenvalue weighted by atomic mass is 10.1. The fourth-order valence-electron chi connectivity index (χ4n) is 2.63. The zero-order valence-corrected chi connectivity index (χ0v) is 12.6. The molecule has 0 saturated heterocycles. The molecule has 0 aliphatic heterocycles. The Bertz CT molecular complexity index is 826. The van der Waals surface area contributed by atoms with E-state index in [0.717, 1.165) is 19.3 Å². The number of rotatable bonds is 4. The summed E-state index contributed by atoms with van der Waals surface area (Å²) in [5.41, 5.74) is 3.04. The normalized spacial score (nSPS) is 13.6. The molecule has 0 spiro atoms. The van der Waals surface area contributed by atoms with E-state index in [-0.39, 0.29) is 10.5 Å². The minimum absolute atomic E-state index is 0.0398. The molecule has 114 valence electrons. The van der Waals surface area contributed by atoms with Gasteiger partial charge in [0.25, 0.3) is 10.0 Å². The lowest BCUT2D eigenvalue weighted by Crippen LogP contribution is -2.13. The molecule has 0 aromatic heterocycles. The van der Waals surface area contributed by atoms with Gasteiger partial charge in [-0.1, -0.05) is 6.07 Å². The molecule has 0 unspecified atom stereocenters. The summed E-state index contributed by atoms with van der Waals surface area (Å²) >= 11 is 0. The van der Waals surface area contributed by atoms with Crippen LogP contribution < -0.4 is 4.72 Å². The van der Waals surface area contributed by atoms with Gasteiger partial charge in [-0.3, -0.25) is 4.72 Å². The van der Waals surface area contributed by atoms with Gasteiger partial charge in [0, 0.05) is 5.69 Å². The number of hydrogen-bond acceptors (Lipinski definition) is 3. The van der Waals surface area contributed by atoms with Gasteiger partial charge in [0.05, 0.1) is 10.5 Å². The number of nitrogens with one attached hydrogen (secondary N) is 1. The first kappa shape index (κ1) is 14.6. The molecule has 2 aromatic carbocycles. The summed E-state index contributed by atoms with van der Waals surface area (Å²) in [4.78, 5) is 10.8. The Balaban J connectivity index is 1.85. The Morgan fingerprint density at radius 1 is 1.00 bits per heavy atom. The quantitative estimate of drug-likeness (QED) is 0.908. The second-order valence-electron chi connectivity index (χ2n) is 5.27. The third-order valence-electron chi connectivity index (χ3n) is 3.76. The van der Waals surface area contributed by atoms with E-state index in [1.807, 2.05) is 12.1 Å². The zero-order valence-electron chi connectivity index (χ0n) is 11.7. The average molecular weight is 317 g/mol. The fourth-order valence-corrected chi connectivity index (χ4v) is 3.68. The highest BCUT2D eigenvalue weighted by Gasteiger charge is 2.17. The maximum absolute atomic E-state index is 12.3. The number of sulfonamides is 1. The predicted octanol–water partition coefficient (Wildman–Crippen LogP) is 2.67. The standard InChI is InChI=1S/C16H15NO4S/c18-16(19)12-5-8-15(9-6-12)22(20,21)17-14-7-4-11-2-1-3-13(11)10-14/h4-10,17H,1-3H2,(H,18,19). The Morgan fingerprint density at radius 3 is 2.36 bits per heavy atom. The van der Waals surface area contributed by atoms with Gasteiger partial charge < -0.3 is 5.11 Å². The van der Waals surface area contributed by atoms with Crippen molar-refractivity contribution in [3.05, 3.63) is 59.2 Å². The molecule has 2 N–H and O–H groups in total. The van der Waals surface area contributed by atoms with Crippen LogP contribution in [-0.4, -0.2) is 19.5 Å². The SMILES string of the molecule is O=C(O)c1ccc(S(=O)(=O)Nc2ccc3c(c2)CCC3)cc1. The van der Waals surface area contributed by atoms with Gasteiger partial charge in [-0.25, -0.2) is 13.2 Å². The van der Waals surface area contributed by atoms with Crippen molar-refractivity contribution in [2.45, 2.75) is 24.2 Å². The van der Waals surface area contributed by atoms with E-state index >= 15 is 0 Å². The molecule has 0 fully saturated rings. The van der Waals surface area contributed by atoms with E-state index in [1.54, 1.807) is 6.07 Å². The first-order chi connectivity index (χ1) is 10.5. The van der Waals surface area contributed by atoms with Gasteiger partial charge in [0.1, 0.15) is 0 Å². The van der Waals surface area contributed by atoms with Crippen LogP contribution in [0.2, 0.25) is 0 Å². The number of carbonyl (C=O) groups is 1. The molecule has 0 bridgehead atoms. The van der Waals surface area contributed by atoms with Crippen molar-refractivity contribution in [3.8, 4) is 0 Å². The van der Waals surface area contributed by atoms with Crippen molar-refractivity contribution < 1.29 is 18.3 Å². The lowest BCUT2D eigenvalue weighted by molar-refractivity contribution is 0.0696. The number of anilines is 1. The van der Waals surface area contributed by atoms with Gasteiger partial charge in [0.15, 0.2) is 0 Å². The monoisotopic (exact) mass is 317 g/mol. The van der Waals surface area contributed by atoms with Gasteiger partial charge in [-0.15, -0.1) is 0 Å². The van der Waals surface area contributed by atoms with Crippen molar-refractivity contribution in [2.24, 2.45) is 0 Å². The van der Waals surface area contributed by atoms with E-state index in [4.69, 9.17) is 5.11 Å². The molecule has 0 heterocycles. The fraction of sp³-hybridized carbons (Fsp3) is 0.188. The number of hydrogen-bond donors (Lipinski definition) is 2. The molecular weight excluding hydrogens is 302 g/mol. The third-order valence-corrected chi connectivity index (χ3v) is 5.16. The summed E-state index contributed by atoms with van der Waals surface area (Å²) in [5, 5.41) is 8.84. The molecule has 0 saturated carbocycles. The van der Waals surface area contributed by atoms with Crippen LogP contribution in [0.3, 0.4) is 0 Å². The minimum atomic E-state index is -3.72. The maximum Gasteiger partial charge on any atom is 0.335 e. The van der Waals surface area contributed by atoms with Gasteiger partial charge >= 0.3 is 5.97 Å². The summed E-state index contributed by atoms with van der Waals surface area (Å²) in [5.74, 6) is -1.09. The zero-order chi connectivity index (χ0) is 15.7. The second kappa shape index (κ2) is 5.46. The number of carboxylic acids is 1. The highest BCUT2D eigenvalue weighted by molar-refractivity contribution is 7.92. The topological polar surface area (TPSA) is 83.5 Å². The van der Waals surface area contributed by atoms with Crippen molar-refractivity contribution in [1.29, 1.82) is 0 Å². The van der Waals surface area contributed by atoms with Crippen LogP contribution in [-0.2, 0) is 22.9 Å². The van der Waals surface area contributed by atoms with Crippen LogP contribution in [0.5, 0.6) is 0 Å². The summed E-state index contributed by atoms with van der Waals surface area (Å²) in [6.45, 7) is 0. The highest BCUT2D eigenvalue weighted by Crippen LogP contribution is 2.26. The second-order valence-corrected chi connectivity index (χ2v) is 6.95. The Hall–Kier alpha value is -2.34. The third kappa shape index (κ3) is 2.82. The molecule has 2 aromatic rings. The van der Waals surface area contributed by atoms with Gasteiger partial charge in [0.2, 0.25) is 0 Å². The van der Waals surface area contributed by atoms with E-state index in [0.29, 0.717) is 5.69 Å². The first-order valence-electron chi connectivity index (χ1n) is 6.94. The number of aryl methyl sites for hydroxylation is 2. The number of benzene rings is 2. The van der Waals surface area contributed by atoms with Crippen LogP contribution in [0.4, 0.5) is 5.69 Å². The number of aromatic carboxylic acids is 1. The van der Waals surface area contributed by atoms with Crippen molar-refractivity contribution in [2.75, 3.05) is 4.72 Å². The molecule has 3 rings (SSSR count). The first-order valence-corrected chi connectivity index (χ1v) is 8.42. The summed E-state index contributed by atoms with van der Waals surface area (Å²) < 4.78 is 27.2. The van der Waals surface area contributed by atoms with Crippen molar-refractivity contribution >= 4 is 21.7 Å². The van der Waals surface area contributed by atoms with Gasteiger partial charge in [-0.05, 0) is 66.8 Å². The van der Waals surface area contributed by atoms with Crippen LogP contribution >= 0.6 is 0 Å². The summed E-state index contributed by atoms with van der Waals surface area (Å²) in [6, 6.07) is 10.7. The largest absolute Gasteiger partial charge is 0.478 e. The van der Waals surface area contributed by atoms with Crippen molar-refractivity contribution in [1.82, 2.24) is 0 Å². The van der Waals surface area contributed by atoms with Crippen LogP contribution in [0.15, 0.2) is 47.4 Å². The molecule has 0 radical (unpaired) electrons. The highest BCUT2D eigenvalue weighted by atomic mass is 32.2. The van der Waals surface area contributed by atoms with E-state index in [1.165, 1.54) is 35.4 Å². The molecule has 0 atom stereocenters. The van der Waals surface area contributed by atoms with Gasteiger partial charge in [-0.2, -0.15) is 0 Å². The van der Waals surface area contributed by atoms with Crippen molar-refractivity contribution in [3.63, 3.8) is 0 Å². The van der Waals surface area contributed by atoms with E-state index in [2.05, 4.69) is 4.72 Å².